The largest absolute Gasteiger partial charge is 0.497 e. The number of anilines is 1. The molecule has 0 unspecified atom stereocenters. The van der Waals surface area contributed by atoms with Crippen LogP contribution in [0.15, 0.2) is 66.7 Å². The Bertz CT molecular complexity index is 1090. The molecule has 4 heteroatoms. The van der Waals surface area contributed by atoms with Gasteiger partial charge < -0.3 is 14.8 Å². The smallest absolute Gasteiger partial charge is 0.231 e. The van der Waals surface area contributed by atoms with Crippen molar-refractivity contribution in [2.45, 2.75) is 25.2 Å². The molecular weight excluding hydrogens is 374 g/mol. The van der Waals surface area contributed by atoms with Crippen LogP contribution in [-0.2, 0) is 4.79 Å². The highest BCUT2D eigenvalue weighted by atomic mass is 16.5. The van der Waals surface area contributed by atoms with Crippen LogP contribution in [0.25, 0.3) is 0 Å². The maximum absolute atomic E-state index is 13.7. The van der Waals surface area contributed by atoms with Crippen molar-refractivity contribution >= 4 is 11.6 Å². The first-order valence-electron chi connectivity index (χ1n) is 10.3. The van der Waals surface area contributed by atoms with Gasteiger partial charge in [-0.1, -0.05) is 48.5 Å². The van der Waals surface area contributed by atoms with Crippen LogP contribution in [0.1, 0.15) is 47.4 Å². The topological polar surface area (TPSA) is 47.6 Å². The number of hydrogen-bond donors (Lipinski definition) is 1. The molecule has 2 bridgehead atoms. The third-order valence-corrected chi connectivity index (χ3v) is 6.81. The number of methoxy groups -OCH3 is 2. The van der Waals surface area contributed by atoms with Gasteiger partial charge in [0, 0.05) is 17.9 Å². The molecule has 0 saturated carbocycles. The second-order valence-electron chi connectivity index (χ2n) is 8.39. The molecule has 3 aliphatic carbocycles. The molecule has 6 rings (SSSR count). The van der Waals surface area contributed by atoms with Crippen molar-refractivity contribution in [3.8, 4) is 11.5 Å². The van der Waals surface area contributed by atoms with Gasteiger partial charge in [-0.25, -0.2) is 0 Å². The standard InChI is InChI=1S/C26H25NO3/c1-26(25(28)27-22-13-12-16(29-2)14-23(22)30-3)15-21-17-8-4-6-10-19(17)24(26)20-11-7-5-9-18(20)21/h4-14,21,24H,15H2,1-3H3,(H,27,28)/t21?,24?,26-/m0/s1. The zero-order valence-electron chi connectivity index (χ0n) is 17.4. The zero-order valence-corrected chi connectivity index (χ0v) is 17.4. The van der Waals surface area contributed by atoms with Gasteiger partial charge in [0.25, 0.3) is 0 Å². The Morgan fingerprint density at radius 3 is 2.07 bits per heavy atom. The third-order valence-electron chi connectivity index (χ3n) is 6.81. The monoisotopic (exact) mass is 399 g/mol. The fraction of sp³-hybridized carbons (Fsp3) is 0.269. The summed E-state index contributed by atoms with van der Waals surface area (Å²) >= 11 is 0. The average molecular weight is 399 g/mol. The average Bonchev–Trinajstić information content (AvgIpc) is 2.79. The van der Waals surface area contributed by atoms with E-state index < -0.39 is 5.41 Å². The second kappa shape index (κ2) is 6.91. The molecule has 3 aliphatic rings. The number of amides is 1. The van der Waals surface area contributed by atoms with Crippen molar-refractivity contribution in [1.82, 2.24) is 0 Å². The van der Waals surface area contributed by atoms with Crippen molar-refractivity contribution in [2.75, 3.05) is 19.5 Å². The maximum Gasteiger partial charge on any atom is 0.231 e. The van der Waals surface area contributed by atoms with Crippen LogP contribution in [0.2, 0.25) is 0 Å². The number of benzene rings is 3. The number of fused-ring (bicyclic) bond motifs is 1. The lowest BCUT2D eigenvalue weighted by molar-refractivity contribution is -0.126. The first kappa shape index (κ1) is 18.7. The fourth-order valence-corrected chi connectivity index (χ4v) is 5.36. The van der Waals surface area contributed by atoms with Gasteiger partial charge in [0.2, 0.25) is 5.91 Å². The molecule has 0 radical (unpaired) electrons. The predicted octanol–water partition coefficient (Wildman–Crippen LogP) is 5.33. The minimum atomic E-state index is -0.557. The van der Waals surface area contributed by atoms with Crippen molar-refractivity contribution in [3.05, 3.63) is 89.0 Å². The van der Waals surface area contributed by atoms with Crippen molar-refractivity contribution in [1.29, 1.82) is 0 Å². The van der Waals surface area contributed by atoms with E-state index in [1.807, 2.05) is 12.1 Å². The summed E-state index contributed by atoms with van der Waals surface area (Å²) < 4.78 is 10.8. The molecule has 30 heavy (non-hydrogen) atoms. The fourth-order valence-electron chi connectivity index (χ4n) is 5.36. The van der Waals surface area contributed by atoms with Gasteiger partial charge >= 0.3 is 0 Å². The molecule has 0 heterocycles. The van der Waals surface area contributed by atoms with E-state index in [0.29, 0.717) is 17.2 Å². The number of carbonyl (C=O) groups excluding carboxylic acids is 1. The van der Waals surface area contributed by atoms with Crippen LogP contribution in [0.5, 0.6) is 11.5 Å². The maximum atomic E-state index is 13.7. The summed E-state index contributed by atoms with van der Waals surface area (Å²) in [6.07, 6.45) is 0.788. The molecular formula is C26H25NO3. The third kappa shape index (κ3) is 2.63. The summed E-state index contributed by atoms with van der Waals surface area (Å²) in [5.41, 5.74) is 5.35. The normalized spacial score (nSPS) is 23.3. The number of hydrogen-bond acceptors (Lipinski definition) is 3. The number of nitrogens with one attached hydrogen (secondary N) is 1. The molecule has 1 amide bonds. The molecule has 0 aliphatic heterocycles. The molecule has 1 N–H and O–H groups in total. The van der Waals surface area contributed by atoms with Gasteiger partial charge in [0.05, 0.1) is 25.3 Å². The van der Waals surface area contributed by atoms with Crippen LogP contribution in [0.4, 0.5) is 5.69 Å². The summed E-state index contributed by atoms with van der Waals surface area (Å²) in [5.74, 6) is 1.56. The Balaban J connectivity index is 1.56. The Labute approximate surface area is 176 Å². The van der Waals surface area contributed by atoms with Crippen LogP contribution in [0, 0.1) is 5.41 Å². The molecule has 3 aromatic rings. The van der Waals surface area contributed by atoms with Crippen molar-refractivity contribution in [3.63, 3.8) is 0 Å². The van der Waals surface area contributed by atoms with E-state index >= 15 is 0 Å². The van der Waals surface area contributed by atoms with Crippen LogP contribution < -0.4 is 14.8 Å². The molecule has 152 valence electrons. The second-order valence-corrected chi connectivity index (χ2v) is 8.39. The van der Waals surface area contributed by atoms with E-state index in [1.165, 1.54) is 22.3 Å². The van der Waals surface area contributed by atoms with Gasteiger partial charge in [-0.3, -0.25) is 4.79 Å². The minimum Gasteiger partial charge on any atom is -0.497 e. The molecule has 3 aromatic carbocycles. The van der Waals surface area contributed by atoms with E-state index in [0.717, 1.165) is 6.42 Å². The van der Waals surface area contributed by atoms with Gasteiger partial charge in [-0.2, -0.15) is 0 Å². The SMILES string of the molecule is COc1ccc(NC(=O)[C@@]2(C)CC3c4ccccc4C2c2ccccc23)c(OC)c1. The first-order valence-corrected chi connectivity index (χ1v) is 10.3. The van der Waals surface area contributed by atoms with Crippen LogP contribution in [-0.4, -0.2) is 20.1 Å². The molecule has 0 fully saturated rings. The van der Waals surface area contributed by atoms with Gasteiger partial charge in [0.1, 0.15) is 11.5 Å². The summed E-state index contributed by atoms with van der Waals surface area (Å²) in [7, 11) is 3.21. The Morgan fingerprint density at radius 1 is 0.900 bits per heavy atom. The number of rotatable bonds is 4. The zero-order chi connectivity index (χ0) is 20.9. The van der Waals surface area contributed by atoms with E-state index in [2.05, 4.69) is 60.8 Å². The Morgan fingerprint density at radius 2 is 1.50 bits per heavy atom. The molecule has 0 aromatic heterocycles. The van der Waals surface area contributed by atoms with Crippen molar-refractivity contribution < 1.29 is 14.3 Å². The number of carbonyl (C=O) groups is 1. The first-order chi connectivity index (χ1) is 14.6. The van der Waals surface area contributed by atoms with E-state index in [-0.39, 0.29) is 17.7 Å². The van der Waals surface area contributed by atoms with Gasteiger partial charge in [-0.15, -0.1) is 0 Å². The lowest BCUT2D eigenvalue weighted by Gasteiger charge is -2.50. The van der Waals surface area contributed by atoms with E-state index in [1.54, 1.807) is 20.3 Å². The lowest BCUT2D eigenvalue weighted by Crippen LogP contribution is -2.47. The molecule has 1 atom stereocenters. The summed E-state index contributed by atoms with van der Waals surface area (Å²) in [4.78, 5) is 13.7. The van der Waals surface area contributed by atoms with Gasteiger partial charge in [0.15, 0.2) is 0 Å². The van der Waals surface area contributed by atoms with Crippen molar-refractivity contribution in [2.24, 2.45) is 5.41 Å². The highest BCUT2D eigenvalue weighted by Gasteiger charge is 2.53. The van der Waals surface area contributed by atoms with Crippen LogP contribution >= 0.6 is 0 Å². The summed E-state index contributed by atoms with van der Waals surface area (Å²) in [5, 5.41) is 3.15. The Hall–Kier alpha value is -3.27. The molecule has 0 saturated heterocycles. The number of ether oxygens (including phenoxy) is 2. The molecule has 4 nitrogen and oxygen atoms in total. The van der Waals surface area contributed by atoms with E-state index in [4.69, 9.17) is 9.47 Å². The predicted molar refractivity (Wildman–Crippen MR) is 117 cm³/mol. The Kier molecular flexibility index (Phi) is 4.31. The highest BCUT2D eigenvalue weighted by molar-refractivity contribution is 5.98. The quantitative estimate of drug-likeness (QED) is 0.645. The van der Waals surface area contributed by atoms with E-state index in [9.17, 15) is 4.79 Å². The minimum absolute atomic E-state index is 0.0185. The summed E-state index contributed by atoms with van der Waals surface area (Å²) in [6, 6.07) is 22.6. The lowest BCUT2D eigenvalue weighted by atomic mass is 9.52. The van der Waals surface area contributed by atoms with Crippen LogP contribution in [0.3, 0.4) is 0 Å². The highest BCUT2D eigenvalue weighted by Crippen LogP contribution is 2.61. The molecule has 0 spiro atoms. The summed E-state index contributed by atoms with van der Waals surface area (Å²) in [6.45, 7) is 2.10. The van der Waals surface area contributed by atoms with Gasteiger partial charge in [-0.05, 0) is 47.7 Å².